The van der Waals surface area contributed by atoms with Gasteiger partial charge >= 0.3 is 0 Å². The van der Waals surface area contributed by atoms with Gasteiger partial charge in [-0.1, -0.05) is 0 Å². The van der Waals surface area contributed by atoms with Gasteiger partial charge in [-0.05, 0) is 19.8 Å². The molecule has 0 spiro atoms. The Morgan fingerprint density at radius 3 is 2.69 bits per heavy atom. The molecule has 1 fully saturated rings. The van der Waals surface area contributed by atoms with Gasteiger partial charge in [0.15, 0.2) is 0 Å². The van der Waals surface area contributed by atoms with Crippen LogP contribution in [0.25, 0.3) is 0 Å². The second kappa shape index (κ2) is 4.25. The first kappa shape index (κ1) is 10.0. The van der Waals surface area contributed by atoms with Gasteiger partial charge in [0.1, 0.15) is 0 Å². The number of hydrogen-bond donors (Lipinski definition) is 1. The minimum atomic E-state index is -0.153. The van der Waals surface area contributed by atoms with Crippen molar-refractivity contribution in [1.82, 2.24) is 10.2 Å². The number of rotatable bonds is 2. The van der Waals surface area contributed by atoms with Gasteiger partial charge in [0, 0.05) is 19.5 Å². The molecule has 2 amide bonds. The van der Waals surface area contributed by atoms with E-state index in [0.29, 0.717) is 6.04 Å². The van der Waals surface area contributed by atoms with E-state index in [1.807, 2.05) is 11.8 Å². The van der Waals surface area contributed by atoms with Crippen molar-refractivity contribution in [3.63, 3.8) is 0 Å². The number of hydrogen-bond acceptors (Lipinski definition) is 2. The Balaban J connectivity index is 2.34. The fraction of sp³-hybridized carbons (Fsp3) is 0.778. The highest BCUT2D eigenvalue weighted by molar-refractivity contribution is 5.84. The summed E-state index contributed by atoms with van der Waals surface area (Å²) in [5, 5.41) is 2.51. The molecule has 1 rings (SSSR count). The minimum absolute atomic E-state index is 0.0280. The van der Waals surface area contributed by atoms with Crippen LogP contribution in [-0.4, -0.2) is 35.8 Å². The molecule has 1 saturated heterocycles. The first-order valence-corrected chi connectivity index (χ1v) is 4.65. The molecular weight excluding hydrogens is 168 g/mol. The van der Waals surface area contributed by atoms with Gasteiger partial charge in [-0.2, -0.15) is 0 Å². The largest absolute Gasteiger partial charge is 0.347 e. The maximum Gasteiger partial charge on any atom is 0.242 e. The SMILES string of the molecule is CC(=O)NCC(=O)N1CCCC1C. The van der Waals surface area contributed by atoms with E-state index in [1.54, 1.807) is 0 Å². The second-order valence-electron chi connectivity index (χ2n) is 3.49. The number of carbonyl (C=O) groups is 2. The summed E-state index contributed by atoms with van der Waals surface area (Å²) in [6, 6.07) is 0.334. The van der Waals surface area contributed by atoms with Crippen molar-refractivity contribution in [3.8, 4) is 0 Å². The molecule has 13 heavy (non-hydrogen) atoms. The third-order valence-corrected chi connectivity index (χ3v) is 2.36. The van der Waals surface area contributed by atoms with E-state index in [0.717, 1.165) is 19.4 Å². The molecule has 1 N–H and O–H groups in total. The van der Waals surface area contributed by atoms with E-state index in [2.05, 4.69) is 5.32 Å². The Hall–Kier alpha value is -1.06. The summed E-state index contributed by atoms with van der Waals surface area (Å²) in [6.07, 6.45) is 2.15. The molecule has 1 atom stereocenters. The summed E-state index contributed by atoms with van der Waals surface area (Å²) in [7, 11) is 0. The highest BCUT2D eigenvalue weighted by Crippen LogP contribution is 2.15. The third-order valence-electron chi connectivity index (χ3n) is 2.36. The molecule has 0 radical (unpaired) electrons. The molecule has 0 saturated carbocycles. The van der Waals surface area contributed by atoms with Crippen LogP contribution in [0.4, 0.5) is 0 Å². The van der Waals surface area contributed by atoms with Gasteiger partial charge in [-0.15, -0.1) is 0 Å². The van der Waals surface area contributed by atoms with Gasteiger partial charge in [-0.25, -0.2) is 0 Å². The van der Waals surface area contributed by atoms with Crippen LogP contribution in [0.1, 0.15) is 26.7 Å². The number of amides is 2. The quantitative estimate of drug-likeness (QED) is 0.663. The second-order valence-corrected chi connectivity index (χ2v) is 3.49. The molecule has 0 bridgehead atoms. The first-order valence-electron chi connectivity index (χ1n) is 4.65. The van der Waals surface area contributed by atoms with Gasteiger partial charge in [0.2, 0.25) is 11.8 Å². The summed E-state index contributed by atoms with van der Waals surface area (Å²) in [6.45, 7) is 4.43. The third kappa shape index (κ3) is 2.72. The van der Waals surface area contributed by atoms with E-state index < -0.39 is 0 Å². The van der Waals surface area contributed by atoms with Crippen LogP contribution in [0.2, 0.25) is 0 Å². The number of nitrogens with zero attached hydrogens (tertiary/aromatic N) is 1. The van der Waals surface area contributed by atoms with Crippen LogP contribution in [0, 0.1) is 0 Å². The van der Waals surface area contributed by atoms with Gasteiger partial charge in [0.05, 0.1) is 6.54 Å². The molecule has 0 aliphatic carbocycles. The Kier molecular flexibility index (Phi) is 3.28. The van der Waals surface area contributed by atoms with Crippen molar-refractivity contribution < 1.29 is 9.59 Å². The molecule has 1 aliphatic rings. The predicted octanol–water partition coefficient (Wildman–Crippen LogP) is 0.133. The molecule has 1 aliphatic heterocycles. The van der Waals surface area contributed by atoms with Crippen LogP contribution in [0.5, 0.6) is 0 Å². The Bertz CT molecular complexity index is 216. The Morgan fingerprint density at radius 2 is 2.23 bits per heavy atom. The minimum Gasteiger partial charge on any atom is -0.347 e. The van der Waals surface area contributed by atoms with Gasteiger partial charge in [0.25, 0.3) is 0 Å². The van der Waals surface area contributed by atoms with Crippen molar-refractivity contribution in [1.29, 1.82) is 0 Å². The Labute approximate surface area is 78.3 Å². The molecular formula is C9H16N2O2. The summed E-state index contributed by atoms with van der Waals surface area (Å²) in [5.41, 5.74) is 0. The van der Waals surface area contributed by atoms with Crippen LogP contribution >= 0.6 is 0 Å². The number of likely N-dealkylation sites (tertiary alicyclic amines) is 1. The summed E-state index contributed by atoms with van der Waals surface area (Å²) in [5.74, 6) is -0.125. The van der Waals surface area contributed by atoms with E-state index in [4.69, 9.17) is 0 Å². The average Bonchev–Trinajstić information content (AvgIpc) is 2.47. The summed E-state index contributed by atoms with van der Waals surface area (Å²) >= 11 is 0. The highest BCUT2D eigenvalue weighted by Gasteiger charge is 2.24. The van der Waals surface area contributed by atoms with Gasteiger partial charge < -0.3 is 10.2 Å². The molecule has 0 aromatic carbocycles. The molecule has 1 heterocycles. The zero-order valence-corrected chi connectivity index (χ0v) is 8.17. The predicted molar refractivity (Wildman–Crippen MR) is 49.1 cm³/mol. The zero-order valence-electron chi connectivity index (χ0n) is 8.17. The van der Waals surface area contributed by atoms with Crippen LogP contribution < -0.4 is 5.32 Å². The lowest BCUT2D eigenvalue weighted by molar-refractivity contribution is -0.132. The maximum atomic E-state index is 11.5. The van der Waals surface area contributed by atoms with Crippen molar-refractivity contribution in [2.75, 3.05) is 13.1 Å². The number of carbonyl (C=O) groups excluding carboxylic acids is 2. The summed E-state index contributed by atoms with van der Waals surface area (Å²) < 4.78 is 0. The lowest BCUT2D eigenvalue weighted by atomic mass is 10.2. The molecule has 4 nitrogen and oxygen atoms in total. The lowest BCUT2D eigenvalue weighted by Gasteiger charge is -2.21. The molecule has 74 valence electrons. The van der Waals surface area contributed by atoms with Crippen molar-refractivity contribution in [2.45, 2.75) is 32.7 Å². The van der Waals surface area contributed by atoms with Crippen LogP contribution in [0.3, 0.4) is 0 Å². The zero-order chi connectivity index (χ0) is 9.84. The van der Waals surface area contributed by atoms with Crippen molar-refractivity contribution >= 4 is 11.8 Å². The highest BCUT2D eigenvalue weighted by atomic mass is 16.2. The molecule has 1 unspecified atom stereocenters. The van der Waals surface area contributed by atoms with Crippen LogP contribution in [-0.2, 0) is 9.59 Å². The monoisotopic (exact) mass is 184 g/mol. The molecule has 0 aromatic rings. The molecule has 4 heteroatoms. The smallest absolute Gasteiger partial charge is 0.242 e. The van der Waals surface area contributed by atoms with Crippen LogP contribution in [0.15, 0.2) is 0 Å². The topological polar surface area (TPSA) is 49.4 Å². The Morgan fingerprint density at radius 1 is 1.54 bits per heavy atom. The standard InChI is InChI=1S/C9H16N2O2/c1-7-4-3-5-11(7)9(13)6-10-8(2)12/h7H,3-6H2,1-2H3,(H,10,12). The fourth-order valence-electron chi connectivity index (χ4n) is 1.61. The van der Waals surface area contributed by atoms with E-state index in [9.17, 15) is 9.59 Å². The maximum absolute atomic E-state index is 11.5. The van der Waals surface area contributed by atoms with E-state index in [-0.39, 0.29) is 18.4 Å². The fourth-order valence-corrected chi connectivity index (χ4v) is 1.61. The van der Waals surface area contributed by atoms with Crippen molar-refractivity contribution in [2.24, 2.45) is 0 Å². The average molecular weight is 184 g/mol. The lowest BCUT2D eigenvalue weighted by Crippen LogP contribution is -2.41. The van der Waals surface area contributed by atoms with E-state index >= 15 is 0 Å². The van der Waals surface area contributed by atoms with E-state index in [1.165, 1.54) is 6.92 Å². The van der Waals surface area contributed by atoms with Gasteiger partial charge in [-0.3, -0.25) is 9.59 Å². The summed E-state index contributed by atoms with van der Waals surface area (Å²) in [4.78, 5) is 23.9. The molecule has 0 aromatic heterocycles. The normalized spacial score (nSPS) is 21.7. The van der Waals surface area contributed by atoms with Crippen molar-refractivity contribution in [3.05, 3.63) is 0 Å². The first-order chi connectivity index (χ1) is 6.11. The number of nitrogens with one attached hydrogen (secondary N) is 1.